The number of carbonyl (C=O) groups is 3. The van der Waals surface area contributed by atoms with E-state index < -0.39 is 6.09 Å². The molecule has 1 aliphatic rings. The Kier molecular flexibility index (Phi) is 13.0. The fourth-order valence-corrected chi connectivity index (χ4v) is 5.75. The van der Waals surface area contributed by atoms with Crippen LogP contribution in [0.1, 0.15) is 54.5 Å². The molecule has 13 heteroatoms. The molecule has 0 radical (unpaired) electrons. The molecule has 0 unspecified atom stereocenters. The second-order valence-corrected chi connectivity index (χ2v) is 11.8. The minimum atomic E-state index is -0.699. The summed E-state index contributed by atoms with van der Waals surface area (Å²) < 4.78 is 10.2. The van der Waals surface area contributed by atoms with Gasteiger partial charge in [-0.3, -0.25) is 25.3 Å². The first-order valence-electron chi connectivity index (χ1n) is 16.7. The third-order valence-corrected chi connectivity index (χ3v) is 8.77. The lowest BCUT2D eigenvalue weighted by Gasteiger charge is -2.30. The number of nitrogens with one attached hydrogen (secondary N) is 3. The Morgan fingerprint density at radius 1 is 1.02 bits per heavy atom. The molecule has 0 atom stereocenters. The zero-order valence-corrected chi connectivity index (χ0v) is 29.4. The number of likely N-dealkylation sites (N-methyl/N-ethyl adjacent to an activating group) is 1. The summed E-state index contributed by atoms with van der Waals surface area (Å²) in [6.45, 7) is 6.47. The van der Waals surface area contributed by atoms with Gasteiger partial charge in [-0.15, -0.1) is 0 Å². The molecule has 0 fully saturated rings. The summed E-state index contributed by atoms with van der Waals surface area (Å²) >= 11 is 0. The van der Waals surface area contributed by atoms with Gasteiger partial charge in [-0.1, -0.05) is 31.2 Å². The highest BCUT2D eigenvalue weighted by Gasteiger charge is 2.23. The van der Waals surface area contributed by atoms with Gasteiger partial charge in [-0.05, 0) is 73.5 Å². The van der Waals surface area contributed by atoms with Crippen molar-refractivity contribution in [3.8, 4) is 11.8 Å². The Labute approximate surface area is 298 Å². The molecule has 0 spiro atoms. The summed E-state index contributed by atoms with van der Waals surface area (Å²) in [5, 5.41) is 28.4. The Hall–Kier alpha value is -6.00. The number of alkyl carbamates (subject to hydrolysis) is 1. The van der Waals surface area contributed by atoms with Crippen molar-refractivity contribution in [2.45, 2.75) is 26.7 Å². The van der Waals surface area contributed by atoms with Crippen LogP contribution in [-0.4, -0.2) is 92.7 Å². The van der Waals surface area contributed by atoms with Gasteiger partial charge in [0.25, 0.3) is 0 Å². The summed E-state index contributed by atoms with van der Waals surface area (Å²) in [7, 11) is 2.89. The lowest BCUT2D eigenvalue weighted by atomic mass is 9.98. The van der Waals surface area contributed by atoms with E-state index in [1.165, 1.54) is 14.2 Å². The van der Waals surface area contributed by atoms with Gasteiger partial charge < -0.3 is 30.3 Å². The molecular weight excluding hydrogens is 648 g/mol. The molecule has 0 bridgehead atoms. The van der Waals surface area contributed by atoms with Crippen molar-refractivity contribution in [3.05, 3.63) is 94.6 Å². The number of nitriles is 1. The SMILES string of the molecule is CCN(CCC(=O)N(CC)c1ccc(N)c(C(=N)c2ccc(C#N)c(OC)c2)c1)CC(=O)N1CC=C(c2ccc(C(=N)OC(=O)NC)cc2)CC1. The minimum Gasteiger partial charge on any atom is -0.495 e. The molecule has 0 saturated carbocycles. The number of carbonyl (C=O) groups excluding carboxylic acids is 3. The van der Waals surface area contributed by atoms with Gasteiger partial charge in [0.2, 0.25) is 17.7 Å². The molecule has 5 N–H and O–H groups in total. The average Bonchev–Trinajstić information content (AvgIpc) is 3.16. The number of amides is 3. The topological polar surface area (TPSA) is 189 Å². The summed E-state index contributed by atoms with van der Waals surface area (Å²) in [6.07, 6.45) is 2.20. The number of benzene rings is 3. The van der Waals surface area contributed by atoms with Gasteiger partial charge in [0, 0.05) is 67.7 Å². The molecular formula is C38H44N8O5. The summed E-state index contributed by atoms with van der Waals surface area (Å²) in [5.74, 6) is -0.00239. The van der Waals surface area contributed by atoms with Crippen molar-refractivity contribution in [2.75, 3.05) is 64.1 Å². The Bertz CT molecular complexity index is 1860. The van der Waals surface area contributed by atoms with Crippen molar-refractivity contribution in [2.24, 2.45) is 0 Å². The zero-order valence-electron chi connectivity index (χ0n) is 29.4. The first-order chi connectivity index (χ1) is 24.5. The third-order valence-electron chi connectivity index (χ3n) is 8.77. The van der Waals surface area contributed by atoms with Crippen LogP contribution in [0.15, 0.2) is 66.7 Å². The maximum absolute atomic E-state index is 13.5. The highest BCUT2D eigenvalue weighted by molar-refractivity contribution is 6.15. The summed E-state index contributed by atoms with van der Waals surface area (Å²) in [4.78, 5) is 43.6. The maximum atomic E-state index is 13.5. The molecule has 3 amide bonds. The molecule has 13 nitrogen and oxygen atoms in total. The monoisotopic (exact) mass is 692 g/mol. The number of hydrogen-bond acceptors (Lipinski definition) is 10. The smallest absolute Gasteiger partial charge is 0.413 e. The van der Waals surface area contributed by atoms with E-state index in [1.807, 2.05) is 41.9 Å². The van der Waals surface area contributed by atoms with Crippen LogP contribution in [0.2, 0.25) is 0 Å². The number of nitrogen functional groups attached to an aromatic ring is 1. The fourth-order valence-electron chi connectivity index (χ4n) is 5.75. The molecule has 51 heavy (non-hydrogen) atoms. The molecule has 4 rings (SSSR count). The van der Waals surface area contributed by atoms with Crippen LogP contribution in [0, 0.1) is 22.1 Å². The molecule has 0 saturated heterocycles. The number of anilines is 2. The first kappa shape index (κ1) is 37.8. The molecule has 3 aromatic carbocycles. The molecule has 3 aromatic rings. The summed E-state index contributed by atoms with van der Waals surface area (Å²) in [6, 6.07) is 19.3. The van der Waals surface area contributed by atoms with Gasteiger partial charge in [0.05, 0.1) is 24.9 Å². The minimum absolute atomic E-state index is 0.0109. The van der Waals surface area contributed by atoms with E-state index in [9.17, 15) is 19.6 Å². The first-order valence-corrected chi connectivity index (χ1v) is 16.7. The Morgan fingerprint density at radius 2 is 1.75 bits per heavy atom. The predicted octanol–water partition coefficient (Wildman–Crippen LogP) is 4.63. The fraction of sp³-hybridized carbons (Fsp3) is 0.316. The van der Waals surface area contributed by atoms with E-state index in [-0.39, 0.29) is 36.4 Å². The van der Waals surface area contributed by atoms with E-state index in [0.717, 1.165) is 11.1 Å². The number of rotatable bonds is 13. The number of methoxy groups -OCH3 is 1. The molecule has 1 heterocycles. The van der Waals surface area contributed by atoms with E-state index in [1.54, 1.807) is 53.4 Å². The van der Waals surface area contributed by atoms with Crippen LogP contribution in [-0.2, 0) is 14.3 Å². The van der Waals surface area contributed by atoms with E-state index in [0.29, 0.717) is 78.5 Å². The van der Waals surface area contributed by atoms with Crippen LogP contribution in [0.5, 0.6) is 5.75 Å². The van der Waals surface area contributed by atoms with E-state index in [2.05, 4.69) is 11.4 Å². The van der Waals surface area contributed by atoms with Crippen molar-refractivity contribution >= 4 is 46.5 Å². The molecule has 0 aromatic heterocycles. The second kappa shape index (κ2) is 17.6. The van der Waals surface area contributed by atoms with Crippen LogP contribution in [0.4, 0.5) is 16.2 Å². The van der Waals surface area contributed by atoms with Gasteiger partial charge >= 0.3 is 6.09 Å². The molecule has 0 aliphatic carbocycles. The number of nitrogens with two attached hydrogens (primary N) is 1. The standard InChI is InChI=1S/C38H44N8O5/c1-5-44(24-35(48)45-19-15-26(16-20-45)25-7-9-27(10-8-25)37(42)51-38(49)43-3)18-17-34(47)46(6-2)30-13-14-32(40)31(22-30)36(41)28-11-12-29(23-39)33(21-28)50-4/h7-15,21-22,41-42H,5-6,16-20,24,40H2,1-4H3,(H,43,49). The van der Waals surface area contributed by atoms with Crippen molar-refractivity contribution in [1.82, 2.24) is 15.1 Å². The van der Waals surface area contributed by atoms with E-state index in [4.69, 9.17) is 26.0 Å². The number of hydrogen-bond donors (Lipinski definition) is 4. The predicted molar refractivity (Wildman–Crippen MR) is 197 cm³/mol. The van der Waals surface area contributed by atoms with Gasteiger partial charge in [-0.25, -0.2) is 4.79 Å². The number of nitrogens with zero attached hydrogens (tertiary/aromatic N) is 4. The van der Waals surface area contributed by atoms with Gasteiger partial charge in [0.15, 0.2) is 0 Å². The third kappa shape index (κ3) is 9.37. The van der Waals surface area contributed by atoms with Gasteiger partial charge in [0.1, 0.15) is 11.8 Å². The highest BCUT2D eigenvalue weighted by atomic mass is 16.6. The largest absolute Gasteiger partial charge is 0.495 e. The summed E-state index contributed by atoms with van der Waals surface area (Å²) in [5.41, 5.74) is 11.3. The van der Waals surface area contributed by atoms with Crippen LogP contribution in [0.3, 0.4) is 0 Å². The lowest BCUT2D eigenvalue weighted by molar-refractivity contribution is -0.132. The highest BCUT2D eigenvalue weighted by Crippen LogP contribution is 2.27. The normalized spacial score (nSPS) is 12.4. The molecule has 1 aliphatic heterocycles. The molecule has 266 valence electrons. The number of ether oxygens (including phenoxy) is 2. The maximum Gasteiger partial charge on any atom is 0.413 e. The zero-order chi connectivity index (χ0) is 37.1. The Morgan fingerprint density at radius 3 is 2.35 bits per heavy atom. The Balaban J connectivity index is 1.34. The quantitative estimate of drug-likeness (QED) is 0.113. The van der Waals surface area contributed by atoms with Gasteiger partial charge in [-0.2, -0.15) is 5.26 Å². The van der Waals surface area contributed by atoms with E-state index >= 15 is 0 Å². The van der Waals surface area contributed by atoms with Crippen LogP contribution >= 0.6 is 0 Å². The van der Waals surface area contributed by atoms with Crippen molar-refractivity contribution in [1.29, 1.82) is 16.1 Å². The van der Waals surface area contributed by atoms with Crippen molar-refractivity contribution < 1.29 is 23.9 Å². The van der Waals surface area contributed by atoms with Crippen molar-refractivity contribution in [3.63, 3.8) is 0 Å². The second-order valence-electron chi connectivity index (χ2n) is 11.8. The van der Waals surface area contributed by atoms with Crippen LogP contribution in [0.25, 0.3) is 5.57 Å². The average molecular weight is 693 g/mol. The lowest BCUT2D eigenvalue weighted by Crippen LogP contribution is -2.43. The van der Waals surface area contributed by atoms with Crippen LogP contribution < -0.4 is 20.7 Å².